The zero-order valence-corrected chi connectivity index (χ0v) is 11.2. The van der Waals surface area contributed by atoms with Crippen LogP contribution in [0.25, 0.3) is 11.3 Å². The van der Waals surface area contributed by atoms with Gasteiger partial charge in [-0.2, -0.15) is 0 Å². The zero-order chi connectivity index (χ0) is 14.5. The van der Waals surface area contributed by atoms with E-state index in [1.54, 1.807) is 38.6 Å². The normalized spacial score (nSPS) is 10.1. The lowest BCUT2D eigenvalue weighted by Gasteiger charge is -2.09. The molecule has 7 nitrogen and oxygen atoms in total. The number of nitrogens with zero attached hydrogens (tertiary/aromatic N) is 3. The van der Waals surface area contributed by atoms with Crippen LogP contribution in [0.5, 0.6) is 0 Å². The molecule has 0 unspecified atom stereocenters. The molecule has 0 aliphatic heterocycles. The average molecular weight is 274 g/mol. The Kier molecular flexibility index (Phi) is 4.09. The molecule has 104 valence electrons. The summed E-state index contributed by atoms with van der Waals surface area (Å²) in [4.78, 5) is 28.5. The number of rotatable bonds is 4. The Bertz CT molecular complexity index is 607. The highest BCUT2D eigenvalue weighted by atomic mass is 16.5. The maximum absolute atomic E-state index is 11.8. The van der Waals surface area contributed by atoms with E-state index in [4.69, 9.17) is 4.52 Å². The van der Waals surface area contributed by atoms with Crippen molar-refractivity contribution in [3.8, 4) is 11.3 Å². The SMILES string of the molecule is CN(C)C(=O)CNC(=O)c1cc(-c2cccnc2)on1. The monoisotopic (exact) mass is 274 g/mol. The second-order valence-corrected chi connectivity index (χ2v) is 4.29. The number of hydrogen-bond acceptors (Lipinski definition) is 5. The molecule has 2 rings (SSSR count). The lowest BCUT2D eigenvalue weighted by molar-refractivity contribution is -0.127. The minimum atomic E-state index is -0.459. The van der Waals surface area contributed by atoms with Crippen LogP contribution >= 0.6 is 0 Å². The van der Waals surface area contributed by atoms with E-state index in [0.29, 0.717) is 5.76 Å². The highest BCUT2D eigenvalue weighted by molar-refractivity contribution is 5.95. The van der Waals surface area contributed by atoms with Gasteiger partial charge in [0.05, 0.1) is 6.54 Å². The molecule has 20 heavy (non-hydrogen) atoms. The molecule has 0 atom stereocenters. The van der Waals surface area contributed by atoms with Gasteiger partial charge in [0.15, 0.2) is 11.5 Å². The second kappa shape index (κ2) is 5.96. The summed E-state index contributed by atoms with van der Waals surface area (Å²) in [5.41, 5.74) is 0.846. The van der Waals surface area contributed by atoms with Gasteiger partial charge in [-0.25, -0.2) is 0 Å². The van der Waals surface area contributed by atoms with Crippen molar-refractivity contribution in [3.63, 3.8) is 0 Å². The van der Waals surface area contributed by atoms with Crippen molar-refractivity contribution in [2.45, 2.75) is 0 Å². The van der Waals surface area contributed by atoms with E-state index in [9.17, 15) is 9.59 Å². The molecule has 0 saturated carbocycles. The van der Waals surface area contributed by atoms with Crippen LogP contribution in [0.15, 0.2) is 35.1 Å². The van der Waals surface area contributed by atoms with Crippen molar-refractivity contribution in [3.05, 3.63) is 36.3 Å². The van der Waals surface area contributed by atoms with Gasteiger partial charge in [-0.05, 0) is 12.1 Å². The van der Waals surface area contributed by atoms with Crippen LogP contribution in [0, 0.1) is 0 Å². The van der Waals surface area contributed by atoms with Crippen LogP contribution < -0.4 is 5.32 Å². The van der Waals surface area contributed by atoms with E-state index >= 15 is 0 Å². The molecule has 2 amide bonds. The molecular formula is C13H14N4O3. The van der Waals surface area contributed by atoms with Crippen molar-refractivity contribution in [2.75, 3.05) is 20.6 Å². The minimum absolute atomic E-state index is 0.0824. The van der Waals surface area contributed by atoms with E-state index in [1.807, 2.05) is 0 Å². The fourth-order valence-corrected chi connectivity index (χ4v) is 1.43. The Labute approximate surface area is 115 Å². The molecule has 1 N–H and O–H groups in total. The van der Waals surface area contributed by atoms with E-state index < -0.39 is 5.91 Å². The molecule has 0 aromatic carbocycles. The standard InChI is InChI=1S/C13H14N4O3/c1-17(2)12(18)8-15-13(19)10-6-11(20-16-10)9-4-3-5-14-7-9/h3-7H,8H2,1-2H3,(H,15,19). The van der Waals surface area contributed by atoms with Gasteiger partial charge in [0.1, 0.15) is 0 Å². The van der Waals surface area contributed by atoms with Gasteiger partial charge in [-0.1, -0.05) is 5.16 Å². The molecule has 0 aliphatic rings. The minimum Gasteiger partial charge on any atom is -0.355 e. The number of hydrogen-bond donors (Lipinski definition) is 1. The average Bonchev–Trinajstić information content (AvgIpc) is 2.95. The zero-order valence-electron chi connectivity index (χ0n) is 11.2. The molecule has 0 spiro atoms. The summed E-state index contributed by atoms with van der Waals surface area (Å²) in [5, 5.41) is 6.15. The maximum atomic E-state index is 11.8. The van der Waals surface area contributed by atoms with Crippen LogP contribution in [0.1, 0.15) is 10.5 Å². The maximum Gasteiger partial charge on any atom is 0.273 e. The second-order valence-electron chi connectivity index (χ2n) is 4.29. The van der Waals surface area contributed by atoms with Crippen LogP contribution in [0.3, 0.4) is 0 Å². The Balaban J connectivity index is 2.02. The first kappa shape index (κ1) is 13.7. The van der Waals surface area contributed by atoms with Gasteiger partial charge in [-0.15, -0.1) is 0 Å². The third-order valence-electron chi connectivity index (χ3n) is 2.59. The fourth-order valence-electron chi connectivity index (χ4n) is 1.43. The number of pyridine rings is 1. The Hall–Kier alpha value is -2.70. The van der Waals surface area contributed by atoms with Crippen LogP contribution in [-0.4, -0.2) is 47.5 Å². The Morgan fingerprint density at radius 2 is 2.20 bits per heavy atom. The van der Waals surface area contributed by atoms with Gasteiger partial charge < -0.3 is 14.7 Å². The van der Waals surface area contributed by atoms with Crippen LogP contribution in [0.4, 0.5) is 0 Å². The molecule has 0 radical (unpaired) electrons. The summed E-state index contributed by atoms with van der Waals surface area (Å²) in [6.07, 6.45) is 3.25. The Morgan fingerprint density at radius 1 is 1.40 bits per heavy atom. The lowest BCUT2D eigenvalue weighted by Crippen LogP contribution is -2.36. The predicted molar refractivity (Wildman–Crippen MR) is 70.8 cm³/mol. The molecule has 2 heterocycles. The van der Waals surface area contributed by atoms with Gasteiger partial charge in [0.2, 0.25) is 5.91 Å². The van der Waals surface area contributed by atoms with Crippen molar-refractivity contribution >= 4 is 11.8 Å². The van der Waals surface area contributed by atoms with E-state index in [0.717, 1.165) is 5.56 Å². The van der Waals surface area contributed by atoms with Gasteiger partial charge in [0, 0.05) is 38.1 Å². The van der Waals surface area contributed by atoms with Crippen molar-refractivity contribution in [1.29, 1.82) is 0 Å². The van der Waals surface area contributed by atoms with E-state index in [2.05, 4.69) is 15.5 Å². The third-order valence-corrected chi connectivity index (χ3v) is 2.59. The summed E-state index contributed by atoms with van der Waals surface area (Å²) in [6, 6.07) is 5.06. The lowest BCUT2D eigenvalue weighted by atomic mass is 10.2. The van der Waals surface area contributed by atoms with Gasteiger partial charge in [-0.3, -0.25) is 14.6 Å². The number of carbonyl (C=O) groups is 2. The molecule has 2 aromatic heterocycles. The summed E-state index contributed by atoms with van der Waals surface area (Å²) >= 11 is 0. The van der Waals surface area contributed by atoms with Gasteiger partial charge >= 0.3 is 0 Å². The number of carbonyl (C=O) groups excluding carboxylic acids is 2. The Morgan fingerprint density at radius 3 is 2.85 bits per heavy atom. The van der Waals surface area contributed by atoms with Crippen molar-refractivity contribution < 1.29 is 14.1 Å². The molecule has 0 aliphatic carbocycles. The number of amides is 2. The number of aromatic nitrogens is 2. The molecule has 2 aromatic rings. The number of nitrogens with one attached hydrogen (secondary N) is 1. The third kappa shape index (κ3) is 3.19. The first-order valence-corrected chi connectivity index (χ1v) is 5.93. The van der Waals surface area contributed by atoms with Crippen LogP contribution in [-0.2, 0) is 4.79 Å². The summed E-state index contributed by atoms with van der Waals surface area (Å²) in [6.45, 7) is -0.0824. The molecule has 0 bridgehead atoms. The summed E-state index contributed by atoms with van der Waals surface area (Å²) < 4.78 is 5.08. The molecule has 0 saturated heterocycles. The van der Waals surface area contributed by atoms with Gasteiger partial charge in [0.25, 0.3) is 5.91 Å². The van der Waals surface area contributed by atoms with Crippen LogP contribution in [0.2, 0.25) is 0 Å². The van der Waals surface area contributed by atoms with Crippen molar-refractivity contribution in [2.24, 2.45) is 0 Å². The predicted octanol–water partition coefficient (Wildman–Crippen LogP) is 0.555. The number of likely N-dealkylation sites (N-methyl/N-ethyl adjacent to an activating group) is 1. The topological polar surface area (TPSA) is 88.3 Å². The molecular weight excluding hydrogens is 260 g/mol. The summed E-state index contributed by atoms with van der Waals surface area (Å²) in [7, 11) is 3.23. The highest BCUT2D eigenvalue weighted by Crippen LogP contribution is 2.18. The summed E-state index contributed by atoms with van der Waals surface area (Å²) in [5.74, 6) is -0.212. The quantitative estimate of drug-likeness (QED) is 0.879. The van der Waals surface area contributed by atoms with E-state index in [-0.39, 0.29) is 18.1 Å². The molecule has 0 fully saturated rings. The highest BCUT2D eigenvalue weighted by Gasteiger charge is 2.15. The van der Waals surface area contributed by atoms with Crippen molar-refractivity contribution in [1.82, 2.24) is 20.4 Å². The van der Waals surface area contributed by atoms with E-state index in [1.165, 1.54) is 11.0 Å². The molecule has 7 heteroatoms. The first-order valence-electron chi connectivity index (χ1n) is 5.93. The first-order chi connectivity index (χ1) is 9.58. The smallest absolute Gasteiger partial charge is 0.273 e. The largest absolute Gasteiger partial charge is 0.355 e. The fraction of sp³-hybridized carbons (Fsp3) is 0.231.